The van der Waals surface area contributed by atoms with Crippen molar-refractivity contribution in [3.63, 3.8) is 0 Å². The molecule has 2 amide bonds. The van der Waals surface area contributed by atoms with Gasteiger partial charge in [-0.2, -0.15) is 0 Å². The predicted molar refractivity (Wildman–Crippen MR) is 138 cm³/mol. The SMILES string of the molecule is CCCNC(=O)[C@@H](CC)N(CCc1ccccc1)C(=O)CN(c1cc(Cl)ccc1C)S(C)(=O)=O. The Bertz CT molecular complexity index is 1080. The summed E-state index contributed by atoms with van der Waals surface area (Å²) in [5.74, 6) is -0.685. The fourth-order valence-electron chi connectivity index (χ4n) is 3.71. The van der Waals surface area contributed by atoms with Gasteiger partial charge in [0.05, 0.1) is 11.9 Å². The standard InChI is InChI=1S/C25H34ClN3O4S/c1-5-15-27-25(31)22(6-2)28(16-14-20-10-8-7-9-11-20)24(30)18-29(34(4,32)33)23-17-21(26)13-12-19(23)3/h7-13,17,22H,5-6,14-16,18H2,1-4H3,(H,27,31)/t22-/m1/s1. The van der Waals surface area contributed by atoms with Gasteiger partial charge in [-0.25, -0.2) is 8.42 Å². The third-order valence-electron chi connectivity index (χ3n) is 5.54. The molecule has 0 heterocycles. The smallest absolute Gasteiger partial charge is 0.244 e. The average Bonchev–Trinajstić information content (AvgIpc) is 2.80. The molecule has 186 valence electrons. The summed E-state index contributed by atoms with van der Waals surface area (Å²) >= 11 is 6.12. The highest BCUT2D eigenvalue weighted by atomic mass is 35.5. The van der Waals surface area contributed by atoms with E-state index >= 15 is 0 Å². The highest BCUT2D eigenvalue weighted by Crippen LogP contribution is 2.26. The number of aryl methyl sites for hydroxylation is 1. The lowest BCUT2D eigenvalue weighted by Crippen LogP contribution is -2.53. The van der Waals surface area contributed by atoms with Crippen molar-refractivity contribution in [1.82, 2.24) is 10.2 Å². The molecule has 7 nitrogen and oxygen atoms in total. The minimum atomic E-state index is -3.79. The quantitative estimate of drug-likeness (QED) is 0.473. The Morgan fingerprint density at radius 2 is 1.76 bits per heavy atom. The van der Waals surface area contributed by atoms with E-state index in [1.165, 1.54) is 11.0 Å². The predicted octanol–water partition coefficient (Wildman–Crippen LogP) is 3.79. The van der Waals surface area contributed by atoms with Gasteiger partial charge in [-0.3, -0.25) is 13.9 Å². The molecule has 0 aromatic heterocycles. The van der Waals surface area contributed by atoms with Gasteiger partial charge in [0.1, 0.15) is 12.6 Å². The Morgan fingerprint density at radius 1 is 1.09 bits per heavy atom. The number of sulfonamides is 1. The first-order valence-corrected chi connectivity index (χ1v) is 13.7. The molecular weight excluding hydrogens is 474 g/mol. The number of benzene rings is 2. The van der Waals surface area contributed by atoms with E-state index in [-0.39, 0.29) is 12.5 Å². The van der Waals surface area contributed by atoms with Crippen molar-refractivity contribution in [1.29, 1.82) is 0 Å². The summed E-state index contributed by atoms with van der Waals surface area (Å²) in [4.78, 5) is 28.0. The maximum Gasteiger partial charge on any atom is 0.244 e. The number of nitrogens with zero attached hydrogens (tertiary/aromatic N) is 2. The van der Waals surface area contributed by atoms with E-state index in [0.29, 0.717) is 35.7 Å². The Kier molecular flexibility index (Phi) is 10.4. The van der Waals surface area contributed by atoms with Crippen LogP contribution in [0.2, 0.25) is 5.02 Å². The Labute approximate surface area is 208 Å². The molecule has 2 aromatic carbocycles. The van der Waals surface area contributed by atoms with Gasteiger partial charge in [0, 0.05) is 18.1 Å². The topological polar surface area (TPSA) is 86.8 Å². The minimum Gasteiger partial charge on any atom is -0.354 e. The molecule has 0 fully saturated rings. The summed E-state index contributed by atoms with van der Waals surface area (Å²) in [6, 6.07) is 13.9. The number of hydrogen-bond acceptors (Lipinski definition) is 4. The summed E-state index contributed by atoms with van der Waals surface area (Å²) in [5, 5.41) is 3.24. The van der Waals surface area contributed by atoms with Gasteiger partial charge in [0.2, 0.25) is 21.8 Å². The van der Waals surface area contributed by atoms with Crippen LogP contribution >= 0.6 is 11.6 Å². The summed E-state index contributed by atoms with van der Waals surface area (Å²) < 4.78 is 26.4. The summed E-state index contributed by atoms with van der Waals surface area (Å²) in [6.45, 7) is 5.92. The second-order valence-electron chi connectivity index (χ2n) is 8.24. The Morgan fingerprint density at radius 3 is 2.35 bits per heavy atom. The molecule has 0 saturated carbocycles. The molecule has 2 aromatic rings. The van der Waals surface area contributed by atoms with Gasteiger partial charge in [0.15, 0.2) is 0 Å². The lowest BCUT2D eigenvalue weighted by molar-refractivity contribution is -0.139. The van der Waals surface area contributed by atoms with Crippen molar-refractivity contribution < 1.29 is 18.0 Å². The maximum absolute atomic E-state index is 13.6. The van der Waals surface area contributed by atoms with Crippen LogP contribution in [0.5, 0.6) is 0 Å². The molecule has 0 radical (unpaired) electrons. The number of nitrogens with one attached hydrogen (secondary N) is 1. The maximum atomic E-state index is 13.6. The lowest BCUT2D eigenvalue weighted by atomic mass is 10.1. The number of carbonyl (C=O) groups excluding carboxylic acids is 2. The third-order valence-corrected chi connectivity index (χ3v) is 6.90. The second-order valence-corrected chi connectivity index (χ2v) is 10.6. The molecule has 34 heavy (non-hydrogen) atoms. The van der Waals surface area contributed by atoms with Crippen LogP contribution in [0, 0.1) is 6.92 Å². The van der Waals surface area contributed by atoms with E-state index in [9.17, 15) is 18.0 Å². The summed E-state index contributed by atoms with van der Waals surface area (Å²) in [6.07, 6.45) is 2.78. The molecule has 0 bridgehead atoms. The van der Waals surface area contributed by atoms with Crippen LogP contribution in [-0.2, 0) is 26.0 Å². The zero-order chi connectivity index (χ0) is 25.3. The molecule has 1 N–H and O–H groups in total. The molecule has 0 spiro atoms. The van der Waals surface area contributed by atoms with Crippen molar-refractivity contribution in [3.8, 4) is 0 Å². The molecule has 0 aliphatic rings. The van der Waals surface area contributed by atoms with Crippen LogP contribution in [0.25, 0.3) is 0 Å². The number of hydrogen-bond donors (Lipinski definition) is 1. The molecule has 0 unspecified atom stereocenters. The van der Waals surface area contributed by atoms with Gasteiger partial charge in [-0.05, 0) is 49.4 Å². The zero-order valence-corrected chi connectivity index (χ0v) is 21.8. The van der Waals surface area contributed by atoms with E-state index in [1.807, 2.05) is 44.2 Å². The second kappa shape index (κ2) is 12.8. The number of halogens is 1. The molecular formula is C25H34ClN3O4S. The molecule has 0 aliphatic carbocycles. The third kappa shape index (κ3) is 7.74. The van der Waals surface area contributed by atoms with E-state index in [4.69, 9.17) is 11.6 Å². The average molecular weight is 508 g/mol. The lowest BCUT2D eigenvalue weighted by Gasteiger charge is -2.33. The van der Waals surface area contributed by atoms with Crippen LogP contribution in [-0.4, -0.2) is 57.1 Å². The van der Waals surface area contributed by atoms with E-state index < -0.39 is 28.5 Å². The zero-order valence-electron chi connectivity index (χ0n) is 20.3. The van der Waals surface area contributed by atoms with Gasteiger partial charge in [-0.1, -0.05) is 61.8 Å². The van der Waals surface area contributed by atoms with Gasteiger partial charge >= 0.3 is 0 Å². The van der Waals surface area contributed by atoms with E-state index in [1.54, 1.807) is 19.1 Å². The number of carbonyl (C=O) groups is 2. The van der Waals surface area contributed by atoms with Crippen LogP contribution in [0.3, 0.4) is 0 Å². The number of amides is 2. The Hall–Kier alpha value is -2.58. The largest absolute Gasteiger partial charge is 0.354 e. The first-order chi connectivity index (χ1) is 16.1. The highest BCUT2D eigenvalue weighted by Gasteiger charge is 2.31. The van der Waals surface area contributed by atoms with Gasteiger partial charge in [-0.15, -0.1) is 0 Å². The van der Waals surface area contributed by atoms with E-state index in [0.717, 1.165) is 22.5 Å². The first kappa shape index (κ1) is 27.7. The molecule has 0 aliphatic heterocycles. The molecule has 1 atom stereocenters. The van der Waals surface area contributed by atoms with Crippen LogP contribution < -0.4 is 9.62 Å². The van der Waals surface area contributed by atoms with Crippen molar-refractivity contribution >= 4 is 39.1 Å². The minimum absolute atomic E-state index is 0.240. The van der Waals surface area contributed by atoms with Crippen molar-refractivity contribution in [2.45, 2.75) is 46.1 Å². The van der Waals surface area contributed by atoms with Crippen molar-refractivity contribution in [2.75, 3.05) is 30.2 Å². The fourth-order valence-corrected chi connectivity index (χ4v) is 4.77. The van der Waals surface area contributed by atoms with E-state index in [2.05, 4.69) is 5.32 Å². The number of rotatable bonds is 12. The van der Waals surface area contributed by atoms with Gasteiger partial charge in [0.25, 0.3) is 0 Å². The summed E-state index contributed by atoms with van der Waals surface area (Å²) in [7, 11) is -3.79. The molecule has 9 heteroatoms. The summed E-state index contributed by atoms with van der Waals surface area (Å²) in [5.41, 5.74) is 2.04. The first-order valence-electron chi connectivity index (χ1n) is 11.4. The Balaban J connectivity index is 2.38. The van der Waals surface area contributed by atoms with Gasteiger partial charge < -0.3 is 10.2 Å². The normalized spacial score (nSPS) is 12.1. The highest BCUT2D eigenvalue weighted by molar-refractivity contribution is 7.92. The monoisotopic (exact) mass is 507 g/mol. The number of anilines is 1. The molecule has 2 rings (SSSR count). The van der Waals surface area contributed by atoms with Crippen LogP contribution in [0.4, 0.5) is 5.69 Å². The fraction of sp³-hybridized carbons (Fsp3) is 0.440. The van der Waals surface area contributed by atoms with Crippen molar-refractivity contribution in [2.24, 2.45) is 0 Å². The van der Waals surface area contributed by atoms with Crippen LogP contribution in [0.1, 0.15) is 37.8 Å². The van der Waals surface area contributed by atoms with Crippen molar-refractivity contribution in [3.05, 3.63) is 64.7 Å². The van der Waals surface area contributed by atoms with Crippen LogP contribution in [0.15, 0.2) is 48.5 Å². The molecule has 0 saturated heterocycles.